The van der Waals surface area contributed by atoms with Gasteiger partial charge in [0.15, 0.2) is 0 Å². The van der Waals surface area contributed by atoms with Crippen LogP contribution in [0.4, 0.5) is 18.9 Å². The Morgan fingerprint density at radius 2 is 1.90 bits per heavy atom. The number of pyridine rings is 1. The maximum atomic E-state index is 12.6. The molecule has 5 nitrogen and oxygen atoms in total. The van der Waals surface area contributed by atoms with Gasteiger partial charge in [-0.2, -0.15) is 13.2 Å². The van der Waals surface area contributed by atoms with E-state index >= 15 is 0 Å². The zero-order valence-corrected chi connectivity index (χ0v) is 16.6. The zero-order chi connectivity index (χ0) is 21.0. The Balaban J connectivity index is 1.60. The first-order chi connectivity index (χ1) is 13.8. The highest BCUT2D eigenvalue weighted by atomic mass is 32.2. The number of hydrogen-bond acceptors (Lipinski definition) is 4. The molecular formula is C20H20F3N3O2S. The van der Waals surface area contributed by atoms with Crippen LogP contribution in [0.1, 0.15) is 34.3 Å². The highest BCUT2D eigenvalue weighted by molar-refractivity contribution is 7.99. The molecule has 0 saturated carbocycles. The number of nitrogens with one attached hydrogen (secondary N) is 1. The Bertz CT molecular complexity index is 895. The molecule has 0 spiro atoms. The number of alkyl halides is 3. The van der Waals surface area contributed by atoms with Crippen molar-refractivity contribution in [3.8, 4) is 0 Å². The molecule has 1 aliphatic rings. The van der Waals surface area contributed by atoms with E-state index in [0.29, 0.717) is 21.8 Å². The van der Waals surface area contributed by atoms with Gasteiger partial charge in [0, 0.05) is 30.5 Å². The summed E-state index contributed by atoms with van der Waals surface area (Å²) >= 11 is 1.04. The summed E-state index contributed by atoms with van der Waals surface area (Å²) in [5, 5.41) is 3.09. The Hall–Kier alpha value is -2.55. The van der Waals surface area contributed by atoms with Crippen molar-refractivity contribution in [2.75, 3.05) is 24.2 Å². The Morgan fingerprint density at radius 1 is 1.17 bits per heavy atom. The highest BCUT2D eigenvalue weighted by Crippen LogP contribution is 2.29. The molecule has 29 heavy (non-hydrogen) atoms. The highest BCUT2D eigenvalue weighted by Gasteiger charge is 2.30. The van der Waals surface area contributed by atoms with Gasteiger partial charge in [0.2, 0.25) is 5.91 Å². The number of anilines is 1. The van der Waals surface area contributed by atoms with Crippen LogP contribution >= 0.6 is 11.8 Å². The largest absolute Gasteiger partial charge is 0.417 e. The van der Waals surface area contributed by atoms with E-state index in [-0.39, 0.29) is 17.6 Å². The molecule has 0 bridgehead atoms. The SMILES string of the molecule is Cc1c(NC(=O)CSc2ccc(C(F)(F)F)cn2)cccc1C(=O)N1CCCC1. The monoisotopic (exact) mass is 423 g/mol. The molecule has 2 amide bonds. The van der Waals surface area contributed by atoms with Crippen LogP contribution in [0.25, 0.3) is 0 Å². The second kappa shape index (κ2) is 8.86. The van der Waals surface area contributed by atoms with E-state index in [2.05, 4.69) is 10.3 Å². The van der Waals surface area contributed by atoms with Crippen LogP contribution in [0.15, 0.2) is 41.6 Å². The van der Waals surface area contributed by atoms with E-state index in [9.17, 15) is 22.8 Å². The smallest absolute Gasteiger partial charge is 0.339 e. The number of halogens is 3. The molecule has 1 N–H and O–H groups in total. The number of likely N-dealkylation sites (tertiary alicyclic amines) is 1. The fourth-order valence-corrected chi connectivity index (χ4v) is 3.70. The summed E-state index contributed by atoms with van der Waals surface area (Å²) in [5.41, 5.74) is 0.958. The van der Waals surface area contributed by atoms with Gasteiger partial charge in [-0.1, -0.05) is 17.8 Å². The first-order valence-electron chi connectivity index (χ1n) is 9.10. The van der Waals surface area contributed by atoms with Crippen molar-refractivity contribution in [2.24, 2.45) is 0 Å². The third kappa shape index (κ3) is 5.29. The molecule has 1 aromatic heterocycles. The van der Waals surface area contributed by atoms with Crippen LogP contribution in [0.2, 0.25) is 0 Å². The van der Waals surface area contributed by atoms with E-state index in [1.807, 2.05) is 0 Å². The van der Waals surface area contributed by atoms with E-state index in [1.165, 1.54) is 6.07 Å². The summed E-state index contributed by atoms with van der Waals surface area (Å²) in [7, 11) is 0. The minimum atomic E-state index is -4.44. The summed E-state index contributed by atoms with van der Waals surface area (Å²) in [4.78, 5) is 30.4. The van der Waals surface area contributed by atoms with Crippen molar-refractivity contribution in [2.45, 2.75) is 31.0 Å². The van der Waals surface area contributed by atoms with E-state index in [4.69, 9.17) is 0 Å². The normalized spacial score (nSPS) is 14.1. The van der Waals surface area contributed by atoms with Crippen LogP contribution in [0.5, 0.6) is 0 Å². The number of amides is 2. The lowest BCUT2D eigenvalue weighted by Gasteiger charge is -2.18. The van der Waals surface area contributed by atoms with Gasteiger partial charge >= 0.3 is 6.18 Å². The number of nitrogens with zero attached hydrogens (tertiary/aromatic N) is 2. The standard InChI is InChI=1S/C20H20F3N3O2S/c1-13-15(19(28)26-9-2-3-10-26)5-4-6-16(13)25-17(27)12-29-18-8-7-14(11-24-18)20(21,22)23/h4-8,11H,2-3,9-10,12H2,1H3,(H,25,27). The van der Waals surface area contributed by atoms with E-state index < -0.39 is 11.7 Å². The fourth-order valence-electron chi connectivity index (χ4n) is 3.05. The number of carbonyl (C=O) groups is 2. The van der Waals surface area contributed by atoms with Gasteiger partial charge in [-0.05, 0) is 49.6 Å². The Kier molecular flexibility index (Phi) is 6.46. The molecule has 2 aromatic rings. The van der Waals surface area contributed by atoms with Crippen molar-refractivity contribution in [3.63, 3.8) is 0 Å². The quantitative estimate of drug-likeness (QED) is 0.726. The van der Waals surface area contributed by atoms with Gasteiger partial charge in [0.25, 0.3) is 5.91 Å². The molecule has 2 heterocycles. The molecule has 0 aliphatic carbocycles. The first-order valence-corrected chi connectivity index (χ1v) is 10.1. The molecule has 1 aromatic carbocycles. The van der Waals surface area contributed by atoms with Crippen LogP contribution in [0.3, 0.4) is 0 Å². The number of thioether (sulfide) groups is 1. The lowest BCUT2D eigenvalue weighted by Crippen LogP contribution is -2.28. The molecule has 0 radical (unpaired) electrons. The van der Waals surface area contributed by atoms with Crippen LogP contribution in [-0.2, 0) is 11.0 Å². The predicted molar refractivity (Wildman–Crippen MR) is 105 cm³/mol. The third-order valence-electron chi connectivity index (χ3n) is 4.65. The van der Waals surface area contributed by atoms with Gasteiger partial charge in [-0.15, -0.1) is 0 Å². The molecule has 1 saturated heterocycles. The maximum absolute atomic E-state index is 12.6. The van der Waals surface area contributed by atoms with Gasteiger partial charge < -0.3 is 10.2 Å². The topological polar surface area (TPSA) is 62.3 Å². The molecule has 3 rings (SSSR count). The first kappa shape index (κ1) is 21.2. The summed E-state index contributed by atoms with van der Waals surface area (Å²) in [5.74, 6) is -0.382. The van der Waals surface area contributed by atoms with Crippen LogP contribution < -0.4 is 5.32 Å². The van der Waals surface area contributed by atoms with Crippen molar-refractivity contribution in [3.05, 3.63) is 53.2 Å². The molecule has 0 unspecified atom stereocenters. The zero-order valence-electron chi connectivity index (χ0n) is 15.8. The predicted octanol–water partition coefficient (Wildman–Crippen LogP) is 4.38. The van der Waals surface area contributed by atoms with E-state index in [1.54, 1.807) is 30.0 Å². The average molecular weight is 423 g/mol. The van der Waals surface area contributed by atoms with Crippen molar-refractivity contribution in [1.29, 1.82) is 0 Å². The molecule has 1 aliphatic heterocycles. The van der Waals surface area contributed by atoms with E-state index in [0.717, 1.165) is 50.0 Å². The lowest BCUT2D eigenvalue weighted by atomic mass is 10.1. The van der Waals surface area contributed by atoms with Gasteiger partial charge in [0.1, 0.15) is 0 Å². The average Bonchev–Trinajstić information content (AvgIpc) is 3.22. The van der Waals surface area contributed by atoms with Crippen LogP contribution in [0, 0.1) is 6.92 Å². The Labute approximate surface area is 170 Å². The molecule has 1 fully saturated rings. The van der Waals surface area contributed by atoms with Gasteiger partial charge in [0.05, 0.1) is 16.3 Å². The molecule has 154 valence electrons. The fraction of sp³-hybridized carbons (Fsp3) is 0.350. The lowest BCUT2D eigenvalue weighted by molar-refractivity contribution is -0.137. The minimum Gasteiger partial charge on any atom is -0.339 e. The molecule has 0 atom stereocenters. The van der Waals surface area contributed by atoms with Crippen molar-refractivity contribution < 1.29 is 22.8 Å². The Morgan fingerprint density at radius 3 is 2.52 bits per heavy atom. The summed E-state index contributed by atoms with van der Waals surface area (Å²) in [6.45, 7) is 3.26. The second-order valence-electron chi connectivity index (χ2n) is 6.70. The number of rotatable bonds is 5. The summed E-state index contributed by atoms with van der Waals surface area (Å²) in [6.07, 6.45) is -1.70. The minimum absolute atomic E-state index is 0.0118. The van der Waals surface area contributed by atoms with Crippen molar-refractivity contribution >= 4 is 29.3 Å². The third-order valence-corrected chi connectivity index (χ3v) is 5.59. The molecular weight excluding hydrogens is 403 g/mol. The summed E-state index contributed by atoms with van der Waals surface area (Å²) in [6, 6.07) is 7.35. The number of hydrogen-bond donors (Lipinski definition) is 1. The number of carbonyl (C=O) groups excluding carboxylic acids is 2. The van der Waals surface area contributed by atoms with Gasteiger partial charge in [-0.25, -0.2) is 4.98 Å². The van der Waals surface area contributed by atoms with Crippen LogP contribution in [-0.4, -0.2) is 40.5 Å². The number of aromatic nitrogens is 1. The summed E-state index contributed by atoms with van der Waals surface area (Å²) < 4.78 is 37.7. The van der Waals surface area contributed by atoms with Gasteiger partial charge in [-0.3, -0.25) is 9.59 Å². The maximum Gasteiger partial charge on any atom is 0.417 e. The second-order valence-corrected chi connectivity index (χ2v) is 7.69. The number of benzene rings is 1. The van der Waals surface area contributed by atoms with Crippen molar-refractivity contribution in [1.82, 2.24) is 9.88 Å². The molecule has 9 heteroatoms.